The van der Waals surface area contributed by atoms with E-state index in [2.05, 4.69) is 134 Å². The highest BCUT2D eigenvalue weighted by Gasteiger charge is 2.31. The van der Waals surface area contributed by atoms with Crippen LogP contribution in [0.2, 0.25) is 0 Å². The Bertz CT molecular complexity index is 1010. The maximum Gasteiger partial charge on any atom is -0.0126 e. The van der Waals surface area contributed by atoms with Crippen LogP contribution in [-0.4, -0.2) is 0 Å². The Kier molecular flexibility index (Phi) is 8.24. The molecule has 0 aliphatic rings. The van der Waals surface area contributed by atoms with Gasteiger partial charge in [-0.3, -0.25) is 0 Å². The molecule has 2 aromatic rings. The molecule has 2 aromatic carbocycles. The van der Waals surface area contributed by atoms with Crippen molar-refractivity contribution in [2.75, 3.05) is 0 Å². The SMILES string of the molecule is CC(C)(C)c1ccc(CCCc2c(C(C)(C)C)ccc(C(C)(C)C)c2C(C)(C)C)cc1C(C)(C)C. The van der Waals surface area contributed by atoms with Crippen LogP contribution < -0.4 is 0 Å². The number of aryl methyl sites for hydroxylation is 1. The van der Waals surface area contributed by atoms with Crippen LogP contribution in [0.1, 0.15) is 149 Å². The number of hydrogen-bond donors (Lipinski definition) is 0. The van der Waals surface area contributed by atoms with Crippen molar-refractivity contribution in [2.45, 2.75) is 150 Å². The topological polar surface area (TPSA) is 0 Å². The smallest absolute Gasteiger partial charge is 0.0126 e. The summed E-state index contributed by atoms with van der Waals surface area (Å²) in [6.07, 6.45) is 3.44. The molecule has 0 atom stereocenters. The third-order valence-electron chi connectivity index (χ3n) is 7.27. The predicted octanol–water partition coefficient (Wildman–Crippen LogP) is 10.3. The van der Waals surface area contributed by atoms with E-state index in [-0.39, 0.29) is 27.1 Å². The van der Waals surface area contributed by atoms with E-state index in [4.69, 9.17) is 0 Å². The highest BCUT2D eigenvalue weighted by Crippen LogP contribution is 2.41. The Balaban J connectivity index is 2.52. The monoisotopic (exact) mass is 476 g/mol. The minimum absolute atomic E-state index is 0.118. The molecule has 0 aromatic heterocycles. The normalized spacial score (nSPS) is 13.9. The van der Waals surface area contributed by atoms with E-state index < -0.39 is 0 Å². The van der Waals surface area contributed by atoms with Crippen molar-refractivity contribution in [3.8, 4) is 0 Å². The fourth-order valence-electron chi connectivity index (χ4n) is 5.58. The summed E-state index contributed by atoms with van der Waals surface area (Å²) < 4.78 is 0. The van der Waals surface area contributed by atoms with Crippen molar-refractivity contribution in [2.24, 2.45) is 0 Å². The second-order valence-electron chi connectivity index (χ2n) is 16.0. The van der Waals surface area contributed by atoms with Gasteiger partial charge in [-0.1, -0.05) is 134 Å². The Morgan fingerprint density at radius 3 is 1.29 bits per heavy atom. The van der Waals surface area contributed by atoms with Gasteiger partial charge in [-0.25, -0.2) is 0 Å². The molecule has 0 spiro atoms. The maximum atomic E-state index is 2.50. The molecule has 0 heteroatoms. The van der Waals surface area contributed by atoms with Gasteiger partial charge < -0.3 is 0 Å². The first-order valence-corrected chi connectivity index (χ1v) is 13.9. The van der Waals surface area contributed by atoms with Crippen LogP contribution in [0.25, 0.3) is 0 Å². The zero-order chi connectivity index (χ0) is 27.2. The molecule has 0 saturated heterocycles. The van der Waals surface area contributed by atoms with Crippen LogP contribution in [0.4, 0.5) is 0 Å². The molecule has 0 aliphatic heterocycles. The quantitative estimate of drug-likeness (QED) is 0.411. The largest absolute Gasteiger partial charge is 0.0587 e. The summed E-state index contributed by atoms with van der Waals surface area (Å²) in [5.74, 6) is 0. The zero-order valence-electron chi connectivity index (χ0n) is 26.0. The van der Waals surface area contributed by atoms with E-state index in [1.165, 1.54) is 34.2 Å². The molecule has 0 bridgehead atoms. The summed E-state index contributed by atoms with van der Waals surface area (Å²) in [7, 11) is 0. The van der Waals surface area contributed by atoms with Gasteiger partial charge in [0.1, 0.15) is 0 Å². The highest BCUT2D eigenvalue weighted by atomic mass is 14.4. The molecule has 0 saturated carbocycles. The molecule has 35 heavy (non-hydrogen) atoms. The van der Waals surface area contributed by atoms with Gasteiger partial charge in [0.2, 0.25) is 0 Å². The first-order valence-electron chi connectivity index (χ1n) is 13.9. The zero-order valence-corrected chi connectivity index (χ0v) is 26.0. The average molecular weight is 477 g/mol. The lowest BCUT2D eigenvalue weighted by atomic mass is 9.68. The molecule has 0 N–H and O–H groups in total. The summed E-state index contributed by atoms with van der Waals surface area (Å²) in [4.78, 5) is 0. The summed E-state index contributed by atoms with van der Waals surface area (Å²) in [5, 5.41) is 0. The van der Waals surface area contributed by atoms with Crippen molar-refractivity contribution >= 4 is 0 Å². The standard InChI is InChI=1S/C35H56/c1-31(2,3)26-21-22-28(33(7,8)9)30(35(13,14)15)25(26)18-16-17-24-19-20-27(32(4,5)6)29(23-24)34(10,11)12/h19-23H,16-18H2,1-15H3. The summed E-state index contributed by atoms with van der Waals surface area (Å²) >= 11 is 0. The van der Waals surface area contributed by atoms with Gasteiger partial charge in [-0.2, -0.15) is 0 Å². The fourth-order valence-corrected chi connectivity index (χ4v) is 5.58. The van der Waals surface area contributed by atoms with Gasteiger partial charge in [-0.05, 0) is 85.3 Å². The van der Waals surface area contributed by atoms with Crippen LogP contribution in [0.3, 0.4) is 0 Å². The van der Waals surface area contributed by atoms with E-state index in [1.54, 1.807) is 11.1 Å². The summed E-state index contributed by atoms with van der Waals surface area (Å²) in [5.41, 5.74) is 11.4. The number of benzene rings is 2. The van der Waals surface area contributed by atoms with Crippen molar-refractivity contribution in [1.82, 2.24) is 0 Å². The van der Waals surface area contributed by atoms with Crippen molar-refractivity contribution in [3.63, 3.8) is 0 Å². The lowest BCUT2D eigenvalue weighted by molar-refractivity contribution is 0.512. The average Bonchev–Trinajstić information content (AvgIpc) is 2.63. The highest BCUT2D eigenvalue weighted by molar-refractivity contribution is 5.50. The molecule has 0 unspecified atom stereocenters. The lowest BCUT2D eigenvalue weighted by Gasteiger charge is -2.36. The van der Waals surface area contributed by atoms with E-state index in [9.17, 15) is 0 Å². The number of hydrogen-bond acceptors (Lipinski definition) is 0. The molecule has 2 rings (SSSR count). The second kappa shape index (κ2) is 9.72. The van der Waals surface area contributed by atoms with Crippen LogP contribution in [0.15, 0.2) is 30.3 Å². The van der Waals surface area contributed by atoms with Gasteiger partial charge in [0, 0.05) is 0 Å². The molecule has 0 amide bonds. The lowest BCUT2D eigenvalue weighted by Crippen LogP contribution is -2.27. The molecule has 196 valence electrons. The minimum atomic E-state index is 0.118. The van der Waals surface area contributed by atoms with E-state index in [0.29, 0.717) is 0 Å². The molecular weight excluding hydrogens is 420 g/mol. The fraction of sp³-hybridized carbons (Fsp3) is 0.657. The molecule has 0 aliphatic carbocycles. The molecule has 0 fully saturated rings. The third kappa shape index (κ3) is 7.24. The Morgan fingerprint density at radius 2 is 0.857 bits per heavy atom. The van der Waals surface area contributed by atoms with Gasteiger partial charge in [0.15, 0.2) is 0 Å². The number of rotatable bonds is 4. The van der Waals surface area contributed by atoms with E-state index in [1.807, 2.05) is 0 Å². The second-order valence-corrected chi connectivity index (χ2v) is 16.0. The van der Waals surface area contributed by atoms with E-state index in [0.717, 1.165) is 12.8 Å². The van der Waals surface area contributed by atoms with Gasteiger partial charge >= 0.3 is 0 Å². The van der Waals surface area contributed by atoms with Crippen LogP contribution in [-0.2, 0) is 39.9 Å². The van der Waals surface area contributed by atoms with Crippen molar-refractivity contribution in [3.05, 3.63) is 69.3 Å². The van der Waals surface area contributed by atoms with Crippen LogP contribution in [0.5, 0.6) is 0 Å². The summed E-state index contributed by atoms with van der Waals surface area (Å²) in [6, 6.07) is 12.1. The van der Waals surface area contributed by atoms with Gasteiger partial charge in [0.05, 0.1) is 0 Å². The Labute approximate surface area is 219 Å². The molecular formula is C35H56. The van der Waals surface area contributed by atoms with Crippen molar-refractivity contribution in [1.29, 1.82) is 0 Å². The Morgan fingerprint density at radius 1 is 0.429 bits per heavy atom. The molecule has 0 nitrogen and oxygen atoms in total. The minimum Gasteiger partial charge on any atom is -0.0587 e. The Hall–Kier alpha value is -1.56. The predicted molar refractivity (Wildman–Crippen MR) is 158 cm³/mol. The summed E-state index contributed by atoms with van der Waals surface area (Å²) in [6.45, 7) is 35.5. The van der Waals surface area contributed by atoms with Gasteiger partial charge in [-0.15, -0.1) is 0 Å². The van der Waals surface area contributed by atoms with Gasteiger partial charge in [0.25, 0.3) is 0 Å². The first-order chi connectivity index (χ1) is 15.5. The van der Waals surface area contributed by atoms with Crippen LogP contribution in [0, 0.1) is 0 Å². The first kappa shape index (κ1) is 29.7. The maximum absolute atomic E-state index is 2.50. The molecule has 0 radical (unpaired) electrons. The van der Waals surface area contributed by atoms with Crippen molar-refractivity contribution < 1.29 is 0 Å². The molecule has 0 heterocycles. The van der Waals surface area contributed by atoms with E-state index >= 15 is 0 Å². The third-order valence-corrected chi connectivity index (χ3v) is 7.27. The van der Waals surface area contributed by atoms with Crippen LogP contribution >= 0.6 is 0 Å².